The molecule has 3 rings (SSSR count). The maximum Gasteiger partial charge on any atom is 0.272 e. The molecule has 0 bridgehead atoms. The lowest BCUT2D eigenvalue weighted by atomic mass is 10.1. The summed E-state index contributed by atoms with van der Waals surface area (Å²) in [5.74, 6) is 0.688. The Bertz CT molecular complexity index is 722. The summed E-state index contributed by atoms with van der Waals surface area (Å²) in [7, 11) is 1.84. The van der Waals surface area contributed by atoms with E-state index >= 15 is 0 Å². The first-order valence-corrected chi connectivity index (χ1v) is 6.77. The minimum atomic E-state index is -0.355. The van der Waals surface area contributed by atoms with Gasteiger partial charge < -0.3 is 10.6 Å². The van der Waals surface area contributed by atoms with Crippen molar-refractivity contribution in [3.63, 3.8) is 0 Å². The van der Waals surface area contributed by atoms with Gasteiger partial charge in [-0.2, -0.15) is 5.10 Å². The summed E-state index contributed by atoms with van der Waals surface area (Å²) in [6.45, 7) is 3.28. The van der Waals surface area contributed by atoms with Crippen LogP contribution in [0, 0.1) is 17.0 Å². The largest absolute Gasteiger partial charge is 0.384 e. The number of hydrogen-bond acceptors (Lipinski definition) is 5. The smallest absolute Gasteiger partial charge is 0.272 e. The molecule has 0 saturated heterocycles. The number of anilines is 2. The molecular weight excluding hydrogens is 270 g/mol. The number of nitrogens with two attached hydrogens (primary N) is 1. The molecule has 0 amide bonds. The number of rotatable bonds is 2. The Kier molecular flexibility index (Phi) is 3.04. The Balaban J connectivity index is 1.91. The summed E-state index contributed by atoms with van der Waals surface area (Å²) in [6.07, 6.45) is 0.830. The Morgan fingerprint density at radius 1 is 1.43 bits per heavy atom. The van der Waals surface area contributed by atoms with E-state index in [1.807, 2.05) is 13.1 Å². The van der Waals surface area contributed by atoms with E-state index in [0.717, 1.165) is 29.9 Å². The monoisotopic (exact) mass is 287 g/mol. The van der Waals surface area contributed by atoms with Crippen LogP contribution in [0.25, 0.3) is 0 Å². The second-order valence-electron chi connectivity index (χ2n) is 5.33. The Morgan fingerprint density at radius 2 is 2.19 bits per heavy atom. The number of benzene rings is 1. The van der Waals surface area contributed by atoms with Crippen LogP contribution in [0.4, 0.5) is 17.2 Å². The first-order chi connectivity index (χ1) is 9.97. The zero-order chi connectivity index (χ0) is 15.1. The van der Waals surface area contributed by atoms with Gasteiger partial charge in [-0.15, -0.1) is 0 Å². The maximum absolute atomic E-state index is 10.9. The highest BCUT2D eigenvalue weighted by Gasteiger charge is 2.23. The Morgan fingerprint density at radius 3 is 2.86 bits per heavy atom. The van der Waals surface area contributed by atoms with Crippen molar-refractivity contribution in [1.82, 2.24) is 9.78 Å². The minimum absolute atomic E-state index is 0.150. The second kappa shape index (κ2) is 4.76. The summed E-state index contributed by atoms with van der Waals surface area (Å²) < 4.78 is 1.70. The molecule has 0 fully saturated rings. The molecular formula is C14H17N5O2. The van der Waals surface area contributed by atoms with Crippen LogP contribution in [0.3, 0.4) is 0 Å². The average molecular weight is 287 g/mol. The standard InChI is InChI=1S/C14H17N5O2/c1-9-7-10(3-4-13(9)19(20)21)18-6-5-12-11(8-18)14(15)17(2)16-12/h3-4,7H,5-6,8,15H2,1-2H3. The van der Waals surface area contributed by atoms with Crippen LogP contribution in [0.15, 0.2) is 18.2 Å². The molecule has 1 aliphatic rings. The van der Waals surface area contributed by atoms with Crippen molar-refractivity contribution in [3.05, 3.63) is 45.1 Å². The molecule has 1 aliphatic heterocycles. The lowest BCUT2D eigenvalue weighted by Gasteiger charge is -2.28. The van der Waals surface area contributed by atoms with Gasteiger partial charge in [-0.3, -0.25) is 14.8 Å². The molecule has 2 aromatic rings. The van der Waals surface area contributed by atoms with Gasteiger partial charge in [0, 0.05) is 49.4 Å². The van der Waals surface area contributed by atoms with Gasteiger partial charge >= 0.3 is 0 Å². The highest BCUT2D eigenvalue weighted by Crippen LogP contribution is 2.30. The van der Waals surface area contributed by atoms with Crippen molar-refractivity contribution < 1.29 is 4.92 Å². The van der Waals surface area contributed by atoms with Crippen LogP contribution in [-0.2, 0) is 20.0 Å². The second-order valence-corrected chi connectivity index (χ2v) is 5.33. The summed E-state index contributed by atoms with van der Waals surface area (Å²) in [4.78, 5) is 12.7. The minimum Gasteiger partial charge on any atom is -0.384 e. The summed E-state index contributed by atoms with van der Waals surface area (Å²) in [5, 5.41) is 15.3. The molecule has 1 aromatic heterocycles. The quantitative estimate of drug-likeness (QED) is 0.671. The number of nitro benzene ring substituents is 1. The van der Waals surface area contributed by atoms with E-state index in [-0.39, 0.29) is 10.6 Å². The van der Waals surface area contributed by atoms with Gasteiger partial charge in [0.2, 0.25) is 0 Å². The van der Waals surface area contributed by atoms with Gasteiger partial charge in [0.05, 0.1) is 10.6 Å². The molecule has 0 atom stereocenters. The molecule has 7 heteroatoms. The van der Waals surface area contributed by atoms with Crippen molar-refractivity contribution >= 4 is 17.2 Å². The highest BCUT2D eigenvalue weighted by molar-refractivity contribution is 5.58. The molecule has 21 heavy (non-hydrogen) atoms. The van der Waals surface area contributed by atoms with Gasteiger partial charge in [0.25, 0.3) is 5.69 Å². The number of aromatic nitrogens is 2. The fraction of sp³-hybridized carbons (Fsp3) is 0.357. The molecule has 0 radical (unpaired) electrons. The number of nitrogens with zero attached hydrogens (tertiary/aromatic N) is 4. The third-order valence-corrected chi connectivity index (χ3v) is 3.99. The summed E-state index contributed by atoms with van der Waals surface area (Å²) >= 11 is 0. The van der Waals surface area contributed by atoms with Gasteiger partial charge in [-0.25, -0.2) is 0 Å². The number of hydrogen-bond donors (Lipinski definition) is 1. The fourth-order valence-electron chi connectivity index (χ4n) is 2.78. The predicted octanol–water partition coefficient (Wildman–Crippen LogP) is 1.78. The predicted molar refractivity (Wildman–Crippen MR) is 80.2 cm³/mol. The van der Waals surface area contributed by atoms with E-state index in [1.54, 1.807) is 23.7 Å². The summed E-state index contributed by atoms with van der Waals surface area (Å²) in [5.41, 5.74) is 9.94. The maximum atomic E-state index is 10.9. The Labute approximate surface area is 122 Å². The third-order valence-electron chi connectivity index (χ3n) is 3.99. The van der Waals surface area contributed by atoms with Crippen LogP contribution >= 0.6 is 0 Å². The van der Waals surface area contributed by atoms with Gasteiger partial charge in [-0.1, -0.05) is 0 Å². The number of aryl methyl sites for hydroxylation is 2. The number of nitrogen functional groups attached to an aromatic ring is 1. The first-order valence-electron chi connectivity index (χ1n) is 6.77. The lowest BCUT2D eigenvalue weighted by molar-refractivity contribution is -0.385. The molecule has 0 spiro atoms. The van der Waals surface area contributed by atoms with Crippen LogP contribution in [0.2, 0.25) is 0 Å². The molecule has 0 unspecified atom stereocenters. The number of fused-ring (bicyclic) bond motifs is 1. The zero-order valence-electron chi connectivity index (χ0n) is 12.0. The molecule has 2 N–H and O–H groups in total. The molecule has 2 heterocycles. The highest BCUT2D eigenvalue weighted by atomic mass is 16.6. The molecule has 7 nitrogen and oxygen atoms in total. The van der Waals surface area contributed by atoms with Crippen molar-refractivity contribution in [1.29, 1.82) is 0 Å². The van der Waals surface area contributed by atoms with Gasteiger partial charge in [0.15, 0.2) is 0 Å². The summed E-state index contributed by atoms with van der Waals surface area (Å²) in [6, 6.07) is 5.21. The first kappa shape index (κ1) is 13.4. The van der Waals surface area contributed by atoms with Gasteiger partial charge in [-0.05, 0) is 19.1 Å². The molecule has 1 aromatic carbocycles. The third kappa shape index (κ3) is 2.20. The SMILES string of the molecule is Cc1cc(N2CCc3nn(C)c(N)c3C2)ccc1[N+](=O)[O-]. The molecule has 0 aliphatic carbocycles. The van der Waals surface area contributed by atoms with E-state index < -0.39 is 0 Å². The van der Waals surface area contributed by atoms with Crippen LogP contribution < -0.4 is 10.6 Å². The van der Waals surface area contributed by atoms with E-state index in [9.17, 15) is 10.1 Å². The van der Waals surface area contributed by atoms with Crippen LogP contribution in [0.5, 0.6) is 0 Å². The topological polar surface area (TPSA) is 90.2 Å². The lowest BCUT2D eigenvalue weighted by Crippen LogP contribution is -2.30. The van der Waals surface area contributed by atoms with Crippen molar-refractivity contribution in [2.75, 3.05) is 17.2 Å². The van der Waals surface area contributed by atoms with Crippen molar-refractivity contribution in [2.45, 2.75) is 19.9 Å². The van der Waals surface area contributed by atoms with Crippen LogP contribution in [-0.4, -0.2) is 21.2 Å². The fourth-order valence-corrected chi connectivity index (χ4v) is 2.78. The molecule has 0 saturated carbocycles. The van der Waals surface area contributed by atoms with E-state index in [2.05, 4.69) is 10.00 Å². The van der Waals surface area contributed by atoms with Gasteiger partial charge in [0.1, 0.15) is 5.82 Å². The van der Waals surface area contributed by atoms with Crippen LogP contribution in [0.1, 0.15) is 16.8 Å². The van der Waals surface area contributed by atoms with Crippen molar-refractivity contribution in [2.24, 2.45) is 7.05 Å². The van der Waals surface area contributed by atoms with E-state index in [4.69, 9.17) is 5.73 Å². The average Bonchev–Trinajstić information content (AvgIpc) is 2.73. The normalized spacial score (nSPS) is 14.1. The number of nitro groups is 1. The zero-order valence-corrected chi connectivity index (χ0v) is 12.0. The van der Waals surface area contributed by atoms with E-state index in [0.29, 0.717) is 17.9 Å². The Hall–Kier alpha value is -2.57. The van der Waals surface area contributed by atoms with Crippen molar-refractivity contribution in [3.8, 4) is 0 Å². The molecule has 110 valence electrons. The van der Waals surface area contributed by atoms with E-state index in [1.165, 1.54) is 0 Å².